The van der Waals surface area contributed by atoms with E-state index in [2.05, 4.69) is 15.8 Å². The minimum atomic E-state index is -0.427. The summed E-state index contributed by atoms with van der Waals surface area (Å²) in [6.07, 6.45) is 5.00. The standard InChI is InChI=1S/C14H17Cl2FN2S/c1-20-7-3-2-6-19-13-8-10(16)11(17)9-12(13)18-14(19)4-5-15/h8-9H,2-7H2,1H3. The molecule has 0 saturated carbocycles. The smallest absolute Gasteiger partial charge is 0.144 e. The maximum Gasteiger partial charge on any atom is 0.144 e. The Hall–Kier alpha value is -0.450. The molecular weight excluding hydrogens is 318 g/mol. The largest absolute Gasteiger partial charge is 0.328 e. The third-order valence-corrected chi connectivity index (χ3v) is 4.34. The van der Waals surface area contributed by atoms with Gasteiger partial charge in [0.15, 0.2) is 0 Å². The van der Waals surface area contributed by atoms with Crippen LogP contribution in [0.2, 0.25) is 5.02 Å². The number of rotatable bonds is 7. The van der Waals surface area contributed by atoms with E-state index in [9.17, 15) is 4.39 Å². The van der Waals surface area contributed by atoms with Gasteiger partial charge in [0.1, 0.15) is 11.6 Å². The van der Waals surface area contributed by atoms with Gasteiger partial charge in [-0.25, -0.2) is 9.37 Å². The van der Waals surface area contributed by atoms with Gasteiger partial charge >= 0.3 is 0 Å². The maximum absolute atomic E-state index is 13.5. The van der Waals surface area contributed by atoms with Crippen LogP contribution >= 0.6 is 35.0 Å². The molecule has 1 heterocycles. The summed E-state index contributed by atoms with van der Waals surface area (Å²) in [5.74, 6) is 2.13. The van der Waals surface area contributed by atoms with Crippen LogP contribution < -0.4 is 0 Å². The van der Waals surface area contributed by atoms with Crippen LogP contribution in [0.5, 0.6) is 0 Å². The zero-order chi connectivity index (χ0) is 14.5. The molecule has 0 spiro atoms. The minimum Gasteiger partial charge on any atom is -0.328 e. The van der Waals surface area contributed by atoms with Gasteiger partial charge in [0, 0.05) is 24.9 Å². The average Bonchev–Trinajstić information content (AvgIpc) is 2.73. The Kier molecular flexibility index (Phi) is 6.00. The Bertz CT molecular complexity index is 586. The Balaban J connectivity index is 2.32. The Morgan fingerprint density at radius 3 is 2.85 bits per heavy atom. The molecule has 110 valence electrons. The van der Waals surface area contributed by atoms with Crippen LogP contribution in [0.1, 0.15) is 18.7 Å². The second kappa shape index (κ2) is 7.53. The van der Waals surface area contributed by atoms with E-state index in [0.717, 1.165) is 36.5 Å². The first-order chi connectivity index (χ1) is 9.67. The van der Waals surface area contributed by atoms with Crippen molar-refractivity contribution in [2.45, 2.75) is 25.8 Å². The van der Waals surface area contributed by atoms with Crippen molar-refractivity contribution in [1.29, 1.82) is 0 Å². The zero-order valence-electron chi connectivity index (χ0n) is 11.3. The molecule has 0 aliphatic carbocycles. The second-order valence-electron chi connectivity index (χ2n) is 4.57. The van der Waals surface area contributed by atoms with E-state index in [1.165, 1.54) is 6.07 Å². The predicted molar refractivity (Wildman–Crippen MR) is 86.7 cm³/mol. The van der Waals surface area contributed by atoms with Crippen molar-refractivity contribution < 1.29 is 4.39 Å². The molecule has 0 aliphatic heterocycles. The summed E-state index contributed by atoms with van der Waals surface area (Å²) in [6.45, 7) is 0.866. The fraction of sp³-hybridized carbons (Fsp3) is 0.500. The molecular formula is C14H17Cl2FN2S. The molecule has 0 atom stereocenters. The van der Waals surface area contributed by atoms with Crippen LogP contribution in [0.4, 0.5) is 4.39 Å². The number of fused-ring (bicyclic) bond motifs is 1. The summed E-state index contributed by atoms with van der Waals surface area (Å²) in [5, 5.41) is 0.139. The number of alkyl halides is 1. The average molecular weight is 335 g/mol. The number of aryl methyl sites for hydroxylation is 2. The van der Waals surface area contributed by atoms with Gasteiger partial charge in [0.25, 0.3) is 0 Å². The van der Waals surface area contributed by atoms with Gasteiger partial charge in [-0.05, 0) is 30.9 Å². The van der Waals surface area contributed by atoms with Crippen molar-refractivity contribution >= 4 is 46.0 Å². The van der Waals surface area contributed by atoms with E-state index in [1.807, 2.05) is 11.8 Å². The molecule has 6 heteroatoms. The number of halogens is 3. The molecule has 20 heavy (non-hydrogen) atoms. The highest BCUT2D eigenvalue weighted by molar-refractivity contribution is 7.98. The zero-order valence-corrected chi connectivity index (χ0v) is 13.7. The van der Waals surface area contributed by atoms with Gasteiger partial charge in [-0.1, -0.05) is 11.6 Å². The number of aromatic nitrogens is 2. The minimum absolute atomic E-state index is 0.139. The van der Waals surface area contributed by atoms with Crippen molar-refractivity contribution in [3.8, 4) is 0 Å². The summed E-state index contributed by atoms with van der Waals surface area (Å²) in [7, 11) is 0. The molecule has 0 aliphatic rings. The van der Waals surface area contributed by atoms with Crippen molar-refractivity contribution in [2.75, 3.05) is 17.9 Å². The van der Waals surface area contributed by atoms with Crippen molar-refractivity contribution in [3.05, 3.63) is 28.8 Å². The number of unbranched alkanes of at least 4 members (excludes halogenated alkanes) is 1. The molecule has 0 bridgehead atoms. The van der Waals surface area contributed by atoms with E-state index >= 15 is 0 Å². The second-order valence-corrected chi connectivity index (χ2v) is 6.34. The first-order valence-corrected chi connectivity index (χ1v) is 8.87. The Morgan fingerprint density at radius 2 is 2.15 bits per heavy atom. The van der Waals surface area contributed by atoms with Gasteiger partial charge in [-0.3, -0.25) is 0 Å². The van der Waals surface area contributed by atoms with Crippen LogP contribution in [0.15, 0.2) is 12.1 Å². The van der Waals surface area contributed by atoms with E-state index in [-0.39, 0.29) is 5.02 Å². The first-order valence-electron chi connectivity index (χ1n) is 6.56. The predicted octanol–water partition coefficient (Wildman–Crippen LogP) is 4.75. The van der Waals surface area contributed by atoms with E-state index in [0.29, 0.717) is 17.8 Å². The number of thioether (sulfide) groups is 1. The monoisotopic (exact) mass is 334 g/mol. The lowest BCUT2D eigenvalue weighted by molar-refractivity contribution is 0.621. The number of hydrogen-bond acceptors (Lipinski definition) is 2. The maximum atomic E-state index is 13.5. The highest BCUT2D eigenvalue weighted by Crippen LogP contribution is 2.24. The molecule has 0 amide bonds. The third-order valence-electron chi connectivity index (χ3n) is 3.17. The highest BCUT2D eigenvalue weighted by atomic mass is 35.5. The molecule has 1 aromatic carbocycles. The fourth-order valence-electron chi connectivity index (χ4n) is 2.21. The summed E-state index contributed by atoms with van der Waals surface area (Å²) in [4.78, 5) is 4.48. The molecule has 2 nitrogen and oxygen atoms in total. The molecule has 0 fully saturated rings. The highest BCUT2D eigenvalue weighted by Gasteiger charge is 2.13. The Labute approximate surface area is 132 Å². The molecule has 2 rings (SSSR count). The topological polar surface area (TPSA) is 17.8 Å². The lowest BCUT2D eigenvalue weighted by Crippen LogP contribution is -2.05. The normalized spacial score (nSPS) is 11.4. The Morgan fingerprint density at radius 1 is 1.35 bits per heavy atom. The number of hydrogen-bond donors (Lipinski definition) is 0. The number of nitrogens with zero attached hydrogens (tertiary/aromatic N) is 2. The van der Waals surface area contributed by atoms with Crippen molar-refractivity contribution in [1.82, 2.24) is 9.55 Å². The van der Waals surface area contributed by atoms with Crippen LogP contribution in [-0.2, 0) is 13.0 Å². The van der Waals surface area contributed by atoms with Crippen LogP contribution in [0.25, 0.3) is 11.0 Å². The van der Waals surface area contributed by atoms with Crippen LogP contribution in [0.3, 0.4) is 0 Å². The van der Waals surface area contributed by atoms with E-state index in [4.69, 9.17) is 23.2 Å². The molecule has 0 saturated heterocycles. The fourth-order valence-corrected chi connectivity index (χ4v) is 3.03. The van der Waals surface area contributed by atoms with E-state index < -0.39 is 5.82 Å². The number of imidazole rings is 1. The van der Waals surface area contributed by atoms with Gasteiger partial charge in [0.2, 0.25) is 0 Å². The quantitative estimate of drug-likeness (QED) is 0.537. The van der Waals surface area contributed by atoms with Gasteiger partial charge in [-0.15, -0.1) is 11.6 Å². The SMILES string of the molecule is CSCCCCn1c(CCCl)nc2cc(F)c(Cl)cc21. The number of benzene rings is 1. The summed E-state index contributed by atoms with van der Waals surface area (Å²) >= 11 is 13.6. The van der Waals surface area contributed by atoms with Crippen molar-refractivity contribution in [2.24, 2.45) is 0 Å². The van der Waals surface area contributed by atoms with Gasteiger partial charge in [0.05, 0.1) is 16.1 Å². The summed E-state index contributed by atoms with van der Waals surface area (Å²) < 4.78 is 15.6. The molecule has 1 aromatic heterocycles. The lowest BCUT2D eigenvalue weighted by atomic mass is 10.3. The lowest BCUT2D eigenvalue weighted by Gasteiger charge is -2.08. The van der Waals surface area contributed by atoms with E-state index in [1.54, 1.807) is 6.07 Å². The molecule has 0 N–H and O–H groups in total. The van der Waals surface area contributed by atoms with Crippen molar-refractivity contribution in [3.63, 3.8) is 0 Å². The van der Waals surface area contributed by atoms with Gasteiger partial charge < -0.3 is 4.57 Å². The molecule has 2 aromatic rings. The van der Waals surface area contributed by atoms with Gasteiger partial charge in [-0.2, -0.15) is 11.8 Å². The van der Waals surface area contributed by atoms with Crippen LogP contribution in [0, 0.1) is 5.82 Å². The summed E-state index contributed by atoms with van der Waals surface area (Å²) in [5.41, 5.74) is 1.54. The summed E-state index contributed by atoms with van der Waals surface area (Å²) in [6, 6.07) is 3.05. The molecule has 0 unspecified atom stereocenters. The van der Waals surface area contributed by atoms with Crippen LogP contribution in [-0.4, -0.2) is 27.4 Å². The first kappa shape index (κ1) is 15.9. The third kappa shape index (κ3) is 3.60. The molecule has 0 radical (unpaired) electrons.